The zero-order valence-corrected chi connectivity index (χ0v) is 13.2. The lowest BCUT2D eigenvalue weighted by atomic mass is 10.2. The standard InChI is InChI=1S/C16H15NO5S/c1-3-9-17(12-14-7-5-10-22-14)23(19,20)15-8-4-6-13(11-15)16(18)21-2/h1,4-8,10-11H,9,12H2,2H3. The predicted octanol–water partition coefficient (Wildman–Crippen LogP) is 1.89. The van der Waals surface area contributed by atoms with Crippen LogP contribution in [0, 0.1) is 12.3 Å². The molecule has 0 radical (unpaired) electrons. The Kier molecular flexibility index (Phi) is 5.21. The predicted molar refractivity (Wildman–Crippen MR) is 82.9 cm³/mol. The van der Waals surface area contributed by atoms with Crippen molar-refractivity contribution in [2.45, 2.75) is 11.4 Å². The first-order valence-electron chi connectivity index (χ1n) is 6.63. The molecule has 0 aliphatic heterocycles. The third kappa shape index (κ3) is 3.80. The average Bonchev–Trinajstić information content (AvgIpc) is 3.07. The number of ether oxygens (including phenoxy) is 1. The van der Waals surface area contributed by atoms with Crippen molar-refractivity contribution in [2.75, 3.05) is 13.7 Å². The molecule has 1 aromatic heterocycles. The van der Waals surface area contributed by atoms with Crippen molar-refractivity contribution in [2.24, 2.45) is 0 Å². The minimum absolute atomic E-state index is 0.00197. The molecular weight excluding hydrogens is 318 g/mol. The normalized spacial score (nSPS) is 11.2. The molecule has 0 atom stereocenters. The Labute approximate surface area is 134 Å². The SMILES string of the molecule is C#CCN(Cc1ccco1)S(=O)(=O)c1cccc(C(=O)OC)c1. The van der Waals surface area contributed by atoms with E-state index in [2.05, 4.69) is 10.7 Å². The summed E-state index contributed by atoms with van der Waals surface area (Å²) in [6.45, 7) is -0.118. The van der Waals surface area contributed by atoms with E-state index in [1.165, 1.54) is 37.6 Å². The zero-order chi connectivity index (χ0) is 16.9. The number of methoxy groups -OCH3 is 1. The second-order valence-electron chi connectivity index (χ2n) is 4.58. The van der Waals surface area contributed by atoms with Crippen LogP contribution in [0.1, 0.15) is 16.1 Å². The molecule has 2 aromatic rings. The Balaban J connectivity index is 2.37. The van der Waals surface area contributed by atoms with Gasteiger partial charge in [0.25, 0.3) is 0 Å². The molecule has 0 aliphatic carbocycles. The fourth-order valence-electron chi connectivity index (χ4n) is 1.95. The van der Waals surface area contributed by atoms with Crippen LogP contribution in [0.3, 0.4) is 0 Å². The van der Waals surface area contributed by atoms with Crippen LogP contribution in [0.5, 0.6) is 0 Å². The van der Waals surface area contributed by atoms with E-state index in [0.717, 1.165) is 4.31 Å². The summed E-state index contributed by atoms with van der Waals surface area (Å²) >= 11 is 0. The lowest BCUT2D eigenvalue weighted by Gasteiger charge is -2.19. The van der Waals surface area contributed by atoms with Gasteiger partial charge in [-0.2, -0.15) is 4.31 Å². The Morgan fingerprint density at radius 2 is 2.13 bits per heavy atom. The Bertz CT molecular complexity index is 818. The van der Waals surface area contributed by atoms with Crippen molar-refractivity contribution >= 4 is 16.0 Å². The maximum absolute atomic E-state index is 12.7. The molecule has 0 fully saturated rings. The molecular formula is C16H15NO5S. The lowest BCUT2D eigenvalue weighted by Crippen LogP contribution is -2.31. The summed E-state index contributed by atoms with van der Waals surface area (Å²) < 4.78 is 36.4. The summed E-state index contributed by atoms with van der Waals surface area (Å²) in [5.74, 6) is 2.17. The van der Waals surface area contributed by atoms with E-state index in [0.29, 0.717) is 5.76 Å². The van der Waals surface area contributed by atoms with Crippen LogP contribution >= 0.6 is 0 Å². The second kappa shape index (κ2) is 7.13. The quantitative estimate of drug-likeness (QED) is 0.596. The Morgan fingerprint density at radius 1 is 1.35 bits per heavy atom. The van der Waals surface area contributed by atoms with Gasteiger partial charge in [0.15, 0.2) is 0 Å². The van der Waals surface area contributed by atoms with Gasteiger partial charge in [0.05, 0.1) is 36.9 Å². The Hall–Kier alpha value is -2.56. The van der Waals surface area contributed by atoms with Crippen LogP contribution in [-0.2, 0) is 21.3 Å². The van der Waals surface area contributed by atoms with Crippen molar-refractivity contribution in [3.05, 3.63) is 54.0 Å². The van der Waals surface area contributed by atoms with E-state index in [9.17, 15) is 13.2 Å². The van der Waals surface area contributed by atoms with Gasteiger partial charge in [0.1, 0.15) is 5.76 Å². The van der Waals surface area contributed by atoms with Gasteiger partial charge >= 0.3 is 5.97 Å². The molecule has 0 unspecified atom stereocenters. The summed E-state index contributed by atoms with van der Waals surface area (Å²) in [5.41, 5.74) is 0.146. The maximum Gasteiger partial charge on any atom is 0.337 e. The van der Waals surface area contributed by atoms with E-state index in [-0.39, 0.29) is 23.5 Å². The summed E-state index contributed by atoms with van der Waals surface area (Å²) in [7, 11) is -2.65. The molecule has 0 N–H and O–H groups in total. The summed E-state index contributed by atoms with van der Waals surface area (Å²) in [6.07, 6.45) is 6.72. The molecule has 1 heterocycles. The van der Waals surface area contributed by atoms with Crippen molar-refractivity contribution in [1.82, 2.24) is 4.31 Å². The molecule has 23 heavy (non-hydrogen) atoms. The third-order valence-corrected chi connectivity index (χ3v) is 4.86. The van der Waals surface area contributed by atoms with Gasteiger partial charge in [0.2, 0.25) is 10.0 Å². The largest absolute Gasteiger partial charge is 0.468 e. The average molecular weight is 333 g/mol. The molecule has 0 bridgehead atoms. The van der Waals surface area contributed by atoms with E-state index in [1.807, 2.05) is 0 Å². The van der Waals surface area contributed by atoms with E-state index in [1.54, 1.807) is 12.1 Å². The van der Waals surface area contributed by atoms with Crippen LogP contribution in [0.25, 0.3) is 0 Å². The number of rotatable bonds is 6. The topological polar surface area (TPSA) is 76.8 Å². The highest BCUT2D eigenvalue weighted by Crippen LogP contribution is 2.20. The number of sulfonamides is 1. The fourth-order valence-corrected chi connectivity index (χ4v) is 3.32. The molecule has 6 nitrogen and oxygen atoms in total. The van der Waals surface area contributed by atoms with Crippen molar-refractivity contribution in [3.63, 3.8) is 0 Å². The van der Waals surface area contributed by atoms with Gasteiger partial charge in [-0.3, -0.25) is 0 Å². The monoisotopic (exact) mass is 333 g/mol. The lowest BCUT2D eigenvalue weighted by molar-refractivity contribution is 0.0600. The number of carbonyl (C=O) groups is 1. The molecule has 0 saturated heterocycles. The number of hydrogen-bond acceptors (Lipinski definition) is 5. The van der Waals surface area contributed by atoms with Gasteiger partial charge in [-0.25, -0.2) is 13.2 Å². The number of furan rings is 1. The van der Waals surface area contributed by atoms with E-state index in [4.69, 9.17) is 10.8 Å². The smallest absolute Gasteiger partial charge is 0.337 e. The molecule has 0 spiro atoms. The number of esters is 1. The van der Waals surface area contributed by atoms with Crippen molar-refractivity contribution in [3.8, 4) is 12.3 Å². The van der Waals surface area contributed by atoms with Gasteiger partial charge in [0, 0.05) is 0 Å². The Morgan fingerprint density at radius 3 is 2.74 bits per heavy atom. The van der Waals surface area contributed by atoms with Crippen LogP contribution in [0.4, 0.5) is 0 Å². The summed E-state index contributed by atoms with van der Waals surface area (Å²) in [4.78, 5) is 11.5. The van der Waals surface area contributed by atoms with Gasteiger partial charge in [-0.1, -0.05) is 12.0 Å². The van der Waals surface area contributed by atoms with Crippen LogP contribution in [0.15, 0.2) is 52.0 Å². The third-order valence-electron chi connectivity index (χ3n) is 3.07. The summed E-state index contributed by atoms with van der Waals surface area (Å²) in [5, 5.41) is 0. The first kappa shape index (κ1) is 16.8. The number of nitrogens with zero attached hydrogens (tertiary/aromatic N) is 1. The minimum atomic E-state index is -3.88. The molecule has 120 valence electrons. The highest BCUT2D eigenvalue weighted by Gasteiger charge is 2.25. The molecule has 1 aromatic carbocycles. The van der Waals surface area contributed by atoms with Crippen LogP contribution in [0.2, 0.25) is 0 Å². The molecule has 0 saturated carbocycles. The molecule has 7 heteroatoms. The first-order valence-corrected chi connectivity index (χ1v) is 8.07. The fraction of sp³-hybridized carbons (Fsp3) is 0.188. The number of hydrogen-bond donors (Lipinski definition) is 0. The zero-order valence-electron chi connectivity index (χ0n) is 12.4. The number of benzene rings is 1. The van der Waals surface area contributed by atoms with Crippen molar-refractivity contribution < 1.29 is 22.4 Å². The first-order chi connectivity index (χ1) is 11.0. The maximum atomic E-state index is 12.7. The number of terminal acetylenes is 1. The van der Waals surface area contributed by atoms with E-state index >= 15 is 0 Å². The second-order valence-corrected chi connectivity index (χ2v) is 6.51. The van der Waals surface area contributed by atoms with E-state index < -0.39 is 16.0 Å². The van der Waals surface area contributed by atoms with Gasteiger partial charge in [-0.15, -0.1) is 6.42 Å². The molecule has 2 rings (SSSR count). The summed E-state index contributed by atoms with van der Waals surface area (Å²) in [6, 6.07) is 8.92. The molecule has 0 amide bonds. The minimum Gasteiger partial charge on any atom is -0.468 e. The van der Waals surface area contributed by atoms with Crippen LogP contribution in [-0.4, -0.2) is 32.3 Å². The number of carbonyl (C=O) groups excluding carboxylic acids is 1. The van der Waals surface area contributed by atoms with Crippen molar-refractivity contribution in [1.29, 1.82) is 0 Å². The van der Waals surface area contributed by atoms with Crippen LogP contribution < -0.4 is 0 Å². The van der Waals surface area contributed by atoms with Gasteiger partial charge in [-0.05, 0) is 30.3 Å². The highest BCUT2D eigenvalue weighted by molar-refractivity contribution is 7.89. The van der Waals surface area contributed by atoms with Gasteiger partial charge < -0.3 is 9.15 Å². The highest BCUT2D eigenvalue weighted by atomic mass is 32.2. The molecule has 0 aliphatic rings.